The Morgan fingerprint density at radius 3 is 2.63 bits per heavy atom. The molecule has 0 aliphatic rings. The second-order valence-corrected chi connectivity index (χ2v) is 5.79. The van der Waals surface area contributed by atoms with Crippen molar-refractivity contribution < 1.29 is 13.3 Å². The molecule has 102 valence electrons. The fraction of sp³-hybridized carbons (Fsp3) is 0.364. The molecule has 0 amide bonds. The first-order valence-corrected chi connectivity index (χ1v) is 7.02. The Labute approximate surface area is 111 Å². The molecule has 0 heterocycles. The highest BCUT2D eigenvalue weighted by molar-refractivity contribution is 7.93. The number of hydrogen-bond donors (Lipinski definition) is 1. The molecule has 0 aliphatic heterocycles. The van der Waals surface area contributed by atoms with E-state index in [9.17, 15) is 18.5 Å². The molecule has 8 heteroatoms. The molecule has 0 radical (unpaired) electrons. The average Bonchev–Trinajstić information content (AvgIpc) is 2.32. The zero-order valence-electron chi connectivity index (χ0n) is 10.5. The van der Waals surface area contributed by atoms with Crippen molar-refractivity contribution in [3.05, 3.63) is 33.9 Å². The van der Waals surface area contributed by atoms with E-state index in [2.05, 4.69) is 4.72 Å². The molecule has 7 nitrogen and oxygen atoms in total. The van der Waals surface area contributed by atoms with Crippen LogP contribution < -0.4 is 4.72 Å². The summed E-state index contributed by atoms with van der Waals surface area (Å²) in [6, 6.07) is 5.68. The number of anilines is 1. The number of rotatable bonds is 5. The first-order valence-electron chi connectivity index (χ1n) is 5.48. The van der Waals surface area contributed by atoms with Crippen molar-refractivity contribution in [3.63, 3.8) is 0 Å². The number of nitro benzene ring substituents is 1. The maximum absolute atomic E-state index is 11.8. The molecule has 19 heavy (non-hydrogen) atoms. The number of nitro groups is 1. The smallest absolute Gasteiger partial charge is 0.274 e. The number of aryl methyl sites for hydroxylation is 1. The van der Waals surface area contributed by atoms with Gasteiger partial charge in [0.05, 0.1) is 16.7 Å². The van der Waals surface area contributed by atoms with Crippen LogP contribution in [0.15, 0.2) is 18.2 Å². The third-order valence-electron chi connectivity index (χ3n) is 2.56. The Kier molecular flexibility index (Phi) is 4.45. The number of sulfonamides is 1. The summed E-state index contributed by atoms with van der Waals surface area (Å²) in [5.41, 5.74) is 0.330. The van der Waals surface area contributed by atoms with Crippen LogP contribution in [0.2, 0.25) is 0 Å². The van der Waals surface area contributed by atoms with Crippen molar-refractivity contribution in [3.8, 4) is 6.07 Å². The summed E-state index contributed by atoms with van der Waals surface area (Å²) >= 11 is 0. The van der Waals surface area contributed by atoms with Gasteiger partial charge in [-0.25, -0.2) is 8.42 Å². The Morgan fingerprint density at radius 1 is 1.53 bits per heavy atom. The SMILES string of the molecule is CCC(C#N)S(=O)(=O)Nc1ccc(C)c([N+](=O)[O-])c1. The van der Waals surface area contributed by atoms with Crippen molar-refractivity contribution in [2.24, 2.45) is 0 Å². The molecule has 1 rings (SSSR count). The van der Waals surface area contributed by atoms with Crippen molar-refractivity contribution in [2.45, 2.75) is 25.5 Å². The van der Waals surface area contributed by atoms with E-state index in [1.807, 2.05) is 0 Å². The summed E-state index contributed by atoms with van der Waals surface area (Å²) in [5, 5.41) is 18.3. The quantitative estimate of drug-likeness (QED) is 0.655. The maximum atomic E-state index is 11.8. The van der Waals surface area contributed by atoms with E-state index in [-0.39, 0.29) is 17.8 Å². The van der Waals surface area contributed by atoms with Gasteiger partial charge in [0.1, 0.15) is 0 Å². The number of nitrogens with zero attached hydrogens (tertiary/aromatic N) is 2. The lowest BCUT2D eigenvalue weighted by molar-refractivity contribution is -0.385. The Balaban J connectivity index is 3.11. The first-order chi connectivity index (χ1) is 8.81. The molecular formula is C11H13N3O4S. The van der Waals surface area contributed by atoms with Crippen LogP contribution in [0.25, 0.3) is 0 Å². The largest absolute Gasteiger partial charge is 0.282 e. The molecule has 1 unspecified atom stereocenters. The van der Waals surface area contributed by atoms with Crippen molar-refractivity contribution in [2.75, 3.05) is 4.72 Å². The van der Waals surface area contributed by atoms with Crippen LogP contribution in [0.3, 0.4) is 0 Å². The van der Waals surface area contributed by atoms with Gasteiger partial charge in [-0.2, -0.15) is 5.26 Å². The van der Waals surface area contributed by atoms with Gasteiger partial charge in [0.15, 0.2) is 5.25 Å². The molecule has 1 aromatic rings. The van der Waals surface area contributed by atoms with Gasteiger partial charge in [0.25, 0.3) is 5.69 Å². The summed E-state index contributed by atoms with van der Waals surface area (Å²) in [6.07, 6.45) is 0.139. The highest BCUT2D eigenvalue weighted by atomic mass is 32.2. The summed E-state index contributed by atoms with van der Waals surface area (Å²) in [6.45, 7) is 3.13. The minimum Gasteiger partial charge on any atom is -0.282 e. The van der Waals surface area contributed by atoms with E-state index in [4.69, 9.17) is 5.26 Å². The van der Waals surface area contributed by atoms with Crippen LogP contribution in [-0.4, -0.2) is 18.6 Å². The third kappa shape index (κ3) is 3.42. The molecule has 0 saturated carbocycles. The summed E-state index contributed by atoms with van der Waals surface area (Å²) in [4.78, 5) is 10.2. The van der Waals surface area contributed by atoms with Crippen LogP contribution in [0.1, 0.15) is 18.9 Å². The van der Waals surface area contributed by atoms with Crippen LogP contribution in [0.4, 0.5) is 11.4 Å². The van der Waals surface area contributed by atoms with Gasteiger partial charge < -0.3 is 0 Å². The molecule has 1 atom stereocenters. The lowest BCUT2D eigenvalue weighted by Gasteiger charge is -2.11. The molecule has 1 aromatic carbocycles. The van der Waals surface area contributed by atoms with Crippen LogP contribution in [0, 0.1) is 28.4 Å². The predicted molar refractivity (Wildman–Crippen MR) is 70.1 cm³/mol. The molecule has 0 saturated heterocycles. The van der Waals surface area contributed by atoms with Gasteiger partial charge >= 0.3 is 0 Å². The second-order valence-electron chi connectivity index (χ2n) is 3.93. The molecule has 1 N–H and O–H groups in total. The highest BCUT2D eigenvalue weighted by Crippen LogP contribution is 2.23. The Morgan fingerprint density at radius 2 is 2.16 bits per heavy atom. The molecule has 0 fully saturated rings. The predicted octanol–water partition coefficient (Wildman–Crippen LogP) is 1.95. The molecular weight excluding hydrogens is 270 g/mol. The van der Waals surface area contributed by atoms with E-state index in [0.717, 1.165) is 6.07 Å². The third-order valence-corrected chi connectivity index (χ3v) is 4.26. The zero-order chi connectivity index (χ0) is 14.6. The van der Waals surface area contributed by atoms with Crippen LogP contribution in [0.5, 0.6) is 0 Å². The fourth-order valence-electron chi connectivity index (χ4n) is 1.49. The lowest BCUT2D eigenvalue weighted by atomic mass is 10.2. The average molecular weight is 283 g/mol. The summed E-state index contributed by atoms with van der Waals surface area (Å²) in [7, 11) is -3.86. The van der Waals surface area contributed by atoms with Gasteiger partial charge in [0, 0.05) is 11.6 Å². The second kappa shape index (κ2) is 5.67. The highest BCUT2D eigenvalue weighted by Gasteiger charge is 2.24. The van der Waals surface area contributed by atoms with Gasteiger partial charge in [-0.3, -0.25) is 14.8 Å². The molecule has 0 aliphatic carbocycles. The minimum atomic E-state index is -3.86. The molecule has 0 spiro atoms. The van der Waals surface area contributed by atoms with E-state index in [1.165, 1.54) is 12.1 Å². The number of benzene rings is 1. The Hall–Kier alpha value is -2.14. The van der Waals surface area contributed by atoms with Gasteiger partial charge in [-0.15, -0.1) is 0 Å². The maximum Gasteiger partial charge on any atom is 0.274 e. The fourth-order valence-corrected chi connectivity index (χ4v) is 2.66. The van der Waals surface area contributed by atoms with Gasteiger partial charge in [-0.1, -0.05) is 13.0 Å². The molecule has 0 bridgehead atoms. The minimum absolute atomic E-state index is 0.0750. The molecule has 0 aromatic heterocycles. The lowest BCUT2D eigenvalue weighted by Crippen LogP contribution is -2.25. The van der Waals surface area contributed by atoms with Crippen molar-refractivity contribution in [1.29, 1.82) is 5.26 Å². The van der Waals surface area contributed by atoms with E-state index in [1.54, 1.807) is 19.9 Å². The van der Waals surface area contributed by atoms with Gasteiger partial charge in [0.2, 0.25) is 10.0 Å². The first kappa shape index (κ1) is 14.9. The van der Waals surface area contributed by atoms with E-state index >= 15 is 0 Å². The summed E-state index contributed by atoms with van der Waals surface area (Å²) < 4.78 is 25.8. The Bertz CT molecular complexity index is 634. The topological polar surface area (TPSA) is 113 Å². The van der Waals surface area contributed by atoms with Crippen molar-refractivity contribution in [1.82, 2.24) is 0 Å². The monoisotopic (exact) mass is 283 g/mol. The van der Waals surface area contributed by atoms with Crippen LogP contribution in [-0.2, 0) is 10.0 Å². The number of nitrogens with one attached hydrogen (secondary N) is 1. The number of hydrogen-bond acceptors (Lipinski definition) is 5. The zero-order valence-corrected chi connectivity index (χ0v) is 11.3. The normalized spacial score (nSPS) is 12.5. The summed E-state index contributed by atoms with van der Waals surface area (Å²) in [5.74, 6) is 0. The number of nitriles is 1. The van der Waals surface area contributed by atoms with Gasteiger partial charge in [-0.05, 0) is 19.4 Å². The van der Waals surface area contributed by atoms with Crippen molar-refractivity contribution >= 4 is 21.4 Å². The van der Waals surface area contributed by atoms with E-state index < -0.39 is 20.2 Å². The van der Waals surface area contributed by atoms with E-state index in [0.29, 0.717) is 5.56 Å². The standard InChI is InChI=1S/C11H13N3O4S/c1-3-10(7-12)19(17,18)13-9-5-4-8(2)11(6-9)14(15)16/h4-6,10,13H,3H2,1-2H3. The van der Waals surface area contributed by atoms with Crippen LogP contribution >= 0.6 is 0 Å².